The Labute approximate surface area is 178 Å². The van der Waals surface area contributed by atoms with Gasteiger partial charge >= 0.3 is 0 Å². The molecular weight excluding hydrogens is 382 g/mol. The zero-order valence-corrected chi connectivity index (χ0v) is 18.2. The Hall–Kier alpha value is -3.01. The number of likely N-dealkylation sites (N-methyl/N-ethyl adjacent to an activating group) is 1. The first-order valence-electron chi connectivity index (χ1n) is 10.4. The van der Waals surface area contributed by atoms with Crippen LogP contribution in [0.1, 0.15) is 51.5 Å². The topological polar surface area (TPSA) is 91.7 Å². The lowest BCUT2D eigenvalue weighted by Crippen LogP contribution is -2.36. The summed E-state index contributed by atoms with van der Waals surface area (Å²) in [5, 5.41) is 12.4. The molecule has 1 aromatic carbocycles. The lowest BCUT2D eigenvalue weighted by Gasteiger charge is -2.22. The molecule has 0 saturated heterocycles. The van der Waals surface area contributed by atoms with Crippen LogP contribution in [0.25, 0.3) is 6.08 Å². The van der Waals surface area contributed by atoms with Crippen molar-refractivity contribution in [1.29, 1.82) is 5.26 Å². The van der Waals surface area contributed by atoms with Gasteiger partial charge < -0.3 is 19.7 Å². The fraction of sp³-hybridized carbons (Fsp3) is 0.522. The Morgan fingerprint density at radius 1 is 1.27 bits per heavy atom. The van der Waals surface area contributed by atoms with E-state index in [1.165, 1.54) is 11.3 Å². The third-order valence-corrected chi connectivity index (χ3v) is 4.98. The smallest absolute Gasteiger partial charge is 0.262 e. The average Bonchev–Trinajstić information content (AvgIpc) is 2.73. The second-order valence-electron chi connectivity index (χ2n) is 7.61. The fourth-order valence-electron chi connectivity index (χ4n) is 3.41. The molecule has 0 aliphatic heterocycles. The van der Waals surface area contributed by atoms with Crippen LogP contribution >= 0.6 is 0 Å². The van der Waals surface area contributed by atoms with Gasteiger partial charge in [-0.25, -0.2) is 0 Å². The van der Waals surface area contributed by atoms with E-state index in [1.54, 1.807) is 45.3 Å². The highest BCUT2D eigenvalue weighted by molar-refractivity contribution is 6.01. The van der Waals surface area contributed by atoms with E-state index in [4.69, 9.17) is 9.47 Å². The molecule has 1 saturated carbocycles. The molecule has 1 fully saturated rings. The van der Waals surface area contributed by atoms with Crippen LogP contribution in [0.5, 0.6) is 11.5 Å². The summed E-state index contributed by atoms with van der Waals surface area (Å²) >= 11 is 0. The summed E-state index contributed by atoms with van der Waals surface area (Å²) in [5.41, 5.74) is 0.695. The van der Waals surface area contributed by atoms with Crippen LogP contribution in [-0.4, -0.2) is 49.6 Å². The zero-order chi connectivity index (χ0) is 22.1. The predicted octanol–water partition coefficient (Wildman–Crippen LogP) is 3.30. The number of nitrogens with zero attached hydrogens (tertiary/aromatic N) is 2. The van der Waals surface area contributed by atoms with Gasteiger partial charge in [-0.05, 0) is 50.5 Å². The molecule has 0 spiro atoms. The van der Waals surface area contributed by atoms with Gasteiger partial charge in [0.05, 0.1) is 6.61 Å². The summed E-state index contributed by atoms with van der Waals surface area (Å²) in [6.07, 6.45) is 6.18. The highest BCUT2D eigenvalue weighted by Gasteiger charge is 2.20. The van der Waals surface area contributed by atoms with E-state index < -0.39 is 6.10 Å². The molecule has 0 unspecified atom stereocenters. The number of ether oxygens (including phenoxy) is 2. The first kappa shape index (κ1) is 23.3. The van der Waals surface area contributed by atoms with Crippen molar-refractivity contribution < 1.29 is 19.1 Å². The number of carbonyl (C=O) groups excluding carboxylic acids is 2. The molecule has 1 aromatic rings. The summed E-state index contributed by atoms with van der Waals surface area (Å²) in [7, 11) is 3.34. The van der Waals surface area contributed by atoms with E-state index in [0.717, 1.165) is 25.7 Å². The van der Waals surface area contributed by atoms with Crippen molar-refractivity contribution in [3.8, 4) is 17.6 Å². The van der Waals surface area contributed by atoms with Crippen LogP contribution in [-0.2, 0) is 9.59 Å². The molecule has 0 bridgehead atoms. The minimum atomic E-state index is -0.670. The van der Waals surface area contributed by atoms with E-state index in [9.17, 15) is 14.9 Å². The first-order valence-corrected chi connectivity index (χ1v) is 10.4. The first-order chi connectivity index (χ1) is 14.3. The molecule has 7 heteroatoms. The second-order valence-corrected chi connectivity index (χ2v) is 7.61. The molecule has 1 aliphatic carbocycles. The summed E-state index contributed by atoms with van der Waals surface area (Å²) in [4.78, 5) is 26.0. The zero-order valence-electron chi connectivity index (χ0n) is 18.2. The molecule has 0 heterocycles. The average molecular weight is 414 g/mol. The number of rotatable bonds is 8. The third kappa shape index (κ3) is 6.51. The maximum absolute atomic E-state index is 12.5. The van der Waals surface area contributed by atoms with Crippen LogP contribution in [0.3, 0.4) is 0 Å². The molecule has 7 nitrogen and oxygen atoms in total. The van der Waals surface area contributed by atoms with Crippen LogP contribution in [0.2, 0.25) is 0 Å². The van der Waals surface area contributed by atoms with Gasteiger partial charge in [-0.2, -0.15) is 5.26 Å². The largest absolute Gasteiger partial charge is 0.490 e. The summed E-state index contributed by atoms with van der Waals surface area (Å²) in [5.74, 6) is 0.372. The SMILES string of the molecule is CCOc1cc(/C=C(\C#N)C(=O)NC2CCCCC2)ccc1O[C@@H](C)C(=O)N(C)C. The lowest BCUT2D eigenvalue weighted by molar-refractivity contribution is -0.135. The summed E-state index contributed by atoms with van der Waals surface area (Å²) < 4.78 is 11.4. The van der Waals surface area contributed by atoms with Gasteiger partial charge in [-0.3, -0.25) is 9.59 Å². The second kappa shape index (κ2) is 11.2. The number of hydrogen-bond acceptors (Lipinski definition) is 5. The number of benzene rings is 1. The minimum absolute atomic E-state index is 0.0489. The van der Waals surface area contributed by atoms with Crippen molar-refractivity contribution in [2.45, 2.75) is 58.1 Å². The predicted molar refractivity (Wildman–Crippen MR) is 115 cm³/mol. The van der Waals surface area contributed by atoms with Gasteiger partial charge in [0, 0.05) is 20.1 Å². The third-order valence-electron chi connectivity index (χ3n) is 4.98. The van der Waals surface area contributed by atoms with E-state index in [0.29, 0.717) is 23.7 Å². The highest BCUT2D eigenvalue weighted by Crippen LogP contribution is 2.30. The summed E-state index contributed by atoms with van der Waals surface area (Å²) in [6.45, 7) is 3.93. The van der Waals surface area contributed by atoms with E-state index in [1.807, 2.05) is 13.0 Å². The molecule has 30 heavy (non-hydrogen) atoms. The molecule has 2 rings (SSSR count). The normalized spacial score (nSPS) is 15.6. The number of nitrogens with one attached hydrogen (secondary N) is 1. The molecule has 1 atom stereocenters. The number of carbonyl (C=O) groups is 2. The molecule has 2 amide bonds. The molecule has 162 valence electrons. The standard InChI is InChI=1S/C23H31N3O4/c1-5-29-21-14-17(11-12-20(21)30-16(2)23(28)26(3)4)13-18(15-24)22(27)25-19-9-7-6-8-10-19/h11-14,16,19H,5-10H2,1-4H3,(H,25,27)/b18-13+/t16-/m0/s1. The van der Waals surface area contributed by atoms with Crippen molar-refractivity contribution in [2.75, 3.05) is 20.7 Å². The highest BCUT2D eigenvalue weighted by atomic mass is 16.5. The molecule has 0 radical (unpaired) electrons. The van der Waals surface area contributed by atoms with Gasteiger partial charge in [0.2, 0.25) is 0 Å². The van der Waals surface area contributed by atoms with Crippen molar-refractivity contribution in [3.63, 3.8) is 0 Å². The molecular formula is C23H31N3O4. The Morgan fingerprint density at radius 2 is 1.97 bits per heavy atom. The number of hydrogen-bond donors (Lipinski definition) is 1. The van der Waals surface area contributed by atoms with E-state index in [-0.39, 0.29) is 23.4 Å². The van der Waals surface area contributed by atoms with Crippen LogP contribution in [0, 0.1) is 11.3 Å². The van der Waals surface area contributed by atoms with E-state index in [2.05, 4.69) is 5.32 Å². The Morgan fingerprint density at radius 3 is 2.57 bits per heavy atom. The molecule has 0 aromatic heterocycles. The maximum Gasteiger partial charge on any atom is 0.262 e. The van der Waals surface area contributed by atoms with Crippen LogP contribution in [0.15, 0.2) is 23.8 Å². The van der Waals surface area contributed by atoms with E-state index >= 15 is 0 Å². The fourth-order valence-corrected chi connectivity index (χ4v) is 3.41. The van der Waals surface area contributed by atoms with Gasteiger partial charge in [-0.15, -0.1) is 0 Å². The van der Waals surface area contributed by atoms with Gasteiger partial charge in [0.15, 0.2) is 17.6 Å². The van der Waals surface area contributed by atoms with Crippen molar-refractivity contribution in [3.05, 3.63) is 29.3 Å². The maximum atomic E-state index is 12.5. The summed E-state index contributed by atoms with van der Waals surface area (Å²) in [6, 6.07) is 7.25. The van der Waals surface area contributed by atoms with Crippen molar-refractivity contribution >= 4 is 17.9 Å². The van der Waals surface area contributed by atoms with Crippen molar-refractivity contribution in [1.82, 2.24) is 10.2 Å². The molecule has 1 aliphatic rings. The lowest BCUT2D eigenvalue weighted by atomic mass is 9.95. The van der Waals surface area contributed by atoms with Crippen molar-refractivity contribution in [2.24, 2.45) is 0 Å². The Bertz CT molecular complexity index is 820. The van der Waals surface area contributed by atoms with Crippen LogP contribution in [0.4, 0.5) is 0 Å². The Balaban J connectivity index is 2.19. The van der Waals surface area contributed by atoms with Gasteiger partial charge in [0.25, 0.3) is 11.8 Å². The minimum Gasteiger partial charge on any atom is -0.490 e. The molecule has 1 N–H and O–H groups in total. The van der Waals surface area contributed by atoms with Crippen LogP contribution < -0.4 is 14.8 Å². The van der Waals surface area contributed by atoms with Gasteiger partial charge in [-0.1, -0.05) is 25.3 Å². The number of amides is 2. The number of nitriles is 1. The quantitative estimate of drug-likeness (QED) is 0.522. The monoisotopic (exact) mass is 413 g/mol. The van der Waals surface area contributed by atoms with Gasteiger partial charge in [0.1, 0.15) is 11.6 Å². The Kier molecular flexibility index (Phi) is 8.72.